The fourth-order valence-corrected chi connectivity index (χ4v) is 15.7. The van der Waals surface area contributed by atoms with Crippen LogP contribution >= 0.6 is 0 Å². The Kier molecular flexibility index (Phi) is 18.1. The second-order valence-corrected chi connectivity index (χ2v) is 18.8. The molecule has 4 aromatic carbocycles. The van der Waals surface area contributed by atoms with Gasteiger partial charge in [-0.05, 0) is 89.4 Å². The molecule has 290 valence electrons. The standard InChI is InChI=1S/C42H63N6Si.3ClH.Ti/c1-26-27(2)29(4)39(28(26)3)49(40-30(5)33(43(8)9)20-23-36(40)46(14)15,41-31(6)34(44(10)11)21-24-37(41)47(16)17)42-32(7)35(45(12)13)22-25-38(42)48(18)19;;;;/h20-25H,1-19H3;3*1H;/q-1;;;;+4/p-3. The Hall–Kier alpha value is -2.39. The van der Waals surface area contributed by atoms with Crippen molar-refractivity contribution in [2.45, 2.75) is 48.5 Å². The second kappa shape index (κ2) is 19.0. The summed E-state index contributed by atoms with van der Waals surface area (Å²) in [5, 5.41) is 5.91. The number of rotatable bonds is 10. The Morgan fingerprint density at radius 1 is 0.377 bits per heavy atom. The molecule has 0 fully saturated rings. The monoisotopic (exact) mass is 832 g/mol. The van der Waals surface area contributed by atoms with Crippen LogP contribution in [-0.4, -0.2) is 92.6 Å². The van der Waals surface area contributed by atoms with Gasteiger partial charge in [0.25, 0.3) is 0 Å². The van der Waals surface area contributed by atoms with Crippen molar-refractivity contribution >= 4 is 62.9 Å². The van der Waals surface area contributed by atoms with Gasteiger partial charge < -0.3 is 66.6 Å². The fourth-order valence-electron chi connectivity index (χ4n) is 8.58. The van der Waals surface area contributed by atoms with E-state index in [9.17, 15) is 0 Å². The van der Waals surface area contributed by atoms with Gasteiger partial charge in [0, 0.05) is 119 Å². The van der Waals surface area contributed by atoms with E-state index in [-0.39, 0.29) is 58.9 Å². The van der Waals surface area contributed by atoms with Gasteiger partial charge in [-0.2, -0.15) is 27.4 Å². The number of halogens is 3. The predicted molar refractivity (Wildman–Crippen MR) is 225 cm³/mol. The van der Waals surface area contributed by atoms with Crippen molar-refractivity contribution in [1.29, 1.82) is 0 Å². The van der Waals surface area contributed by atoms with Gasteiger partial charge in [-0.1, -0.05) is 27.7 Å². The molecule has 0 N–H and O–H groups in total. The summed E-state index contributed by atoms with van der Waals surface area (Å²) in [6.45, 7) is 16.6. The third-order valence-electron chi connectivity index (χ3n) is 11.1. The van der Waals surface area contributed by atoms with Crippen LogP contribution in [0.25, 0.3) is 0 Å². The van der Waals surface area contributed by atoms with Gasteiger partial charge in [0.2, 0.25) is 0 Å². The van der Waals surface area contributed by atoms with Gasteiger partial charge in [0.1, 0.15) is 0 Å². The van der Waals surface area contributed by atoms with Crippen molar-refractivity contribution in [3.05, 3.63) is 75.3 Å². The van der Waals surface area contributed by atoms with E-state index in [1.54, 1.807) is 0 Å². The van der Waals surface area contributed by atoms with E-state index < -0.39 is 8.07 Å². The molecule has 53 heavy (non-hydrogen) atoms. The minimum Gasteiger partial charge on any atom is -1.00 e. The van der Waals surface area contributed by atoms with Gasteiger partial charge in [-0.3, -0.25) is 0 Å². The first-order valence-corrected chi connectivity index (χ1v) is 19.4. The van der Waals surface area contributed by atoms with E-state index in [1.165, 1.54) is 93.8 Å². The number of hydrogen-bond acceptors (Lipinski definition) is 6. The Morgan fingerprint density at radius 2 is 0.604 bits per heavy atom. The first-order chi connectivity index (χ1) is 22.7. The molecule has 0 aliphatic heterocycles. The minimum atomic E-state index is -3.29. The Morgan fingerprint density at radius 3 is 0.792 bits per heavy atom. The zero-order valence-electron chi connectivity index (χ0n) is 35.8. The zero-order valence-corrected chi connectivity index (χ0v) is 40.6. The van der Waals surface area contributed by atoms with Gasteiger partial charge in [-0.15, -0.1) is 0 Å². The summed E-state index contributed by atoms with van der Waals surface area (Å²) in [7, 11) is 23.1. The number of anilines is 6. The molecule has 0 saturated carbocycles. The van der Waals surface area contributed by atoms with E-state index in [0.29, 0.717) is 0 Å². The number of nitrogens with zero attached hydrogens (tertiary/aromatic N) is 6. The molecular weight excluding hydrogens is 771 g/mol. The summed E-state index contributed by atoms with van der Waals surface area (Å²) in [5.74, 6) is 0. The van der Waals surface area contributed by atoms with Gasteiger partial charge >= 0.3 is 21.7 Å². The van der Waals surface area contributed by atoms with Crippen LogP contribution in [0.15, 0.2) is 36.4 Å². The maximum atomic E-state index is 2.40. The molecule has 4 rings (SSSR count). The molecule has 0 atom stereocenters. The summed E-state index contributed by atoms with van der Waals surface area (Å²) in [6.07, 6.45) is 0. The first kappa shape index (κ1) is 50.6. The van der Waals surface area contributed by atoms with Crippen molar-refractivity contribution in [3.8, 4) is 0 Å². The molecular formula is C42H63Cl3N6SiTi. The van der Waals surface area contributed by atoms with Crippen LogP contribution in [0.2, 0.25) is 0 Å². The van der Waals surface area contributed by atoms with E-state index in [2.05, 4.69) is 199 Å². The van der Waals surface area contributed by atoms with Crippen LogP contribution in [-0.2, 0) is 21.7 Å². The van der Waals surface area contributed by atoms with Crippen LogP contribution in [0.4, 0.5) is 34.1 Å². The van der Waals surface area contributed by atoms with E-state index >= 15 is 0 Å². The predicted octanol–water partition coefficient (Wildman–Crippen LogP) is -3.65. The summed E-state index contributed by atoms with van der Waals surface area (Å²) in [6, 6.07) is 14.1. The SMILES string of the molecule is Cc1c(N(C)C)ccc(N(C)C)c1[Si](c1c(N(C)C)ccc(N(C)C)c1C)(c1c(N(C)C)ccc(N(C)C)c1C)c1c(C)c(C)c(C)[c-]1C.[Cl-].[Cl-].[Cl-].[Ti+4]. The third kappa shape index (κ3) is 8.27. The average molecular weight is 834 g/mol. The molecule has 0 aliphatic carbocycles. The summed E-state index contributed by atoms with van der Waals surface area (Å²) in [4.78, 5) is 14.0. The summed E-state index contributed by atoms with van der Waals surface area (Å²) < 4.78 is 0. The minimum absolute atomic E-state index is 0. The molecule has 0 radical (unpaired) electrons. The molecule has 0 spiro atoms. The molecule has 0 amide bonds. The van der Waals surface area contributed by atoms with E-state index in [1.807, 2.05) is 0 Å². The molecule has 0 saturated heterocycles. The first-order valence-electron chi connectivity index (χ1n) is 17.4. The molecule has 0 aromatic heterocycles. The summed E-state index contributed by atoms with van der Waals surface area (Å²) in [5.41, 5.74) is 17.3. The molecule has 0 heterocycles. The summed E-state index contributed by atoms with van der Waals surface area (Å²) >= 11 is 0. The maximum Gasteiger partial charge on any atom is 4.00 e. The quantitative estimate of drug-likeness (QED) is 0.0928. The molecule has 0 aliphatic rings. The Bertz CT molecular complexity index is 1690. The van der Waals surface area contributed by atoms with Crippen LogP contribution in [0, 0.1) is 48.5 Å². The average Bonchev–Trinajstić information content (AvgIpc) is 3.20. The molecule has 4 aromatic rings. The van der Waals surface area contributed by atoms with Gasteiger partial charge in [-0.25, -0.2) is 0 Å². The van der Waals surface area contributed by atoms with Crippen LogP contribution in [0.5, 0.6) is 0 Å². The maximum absolute atomic E-state index is 3.29. The van der Waals surface area contributed by atoms with Crippen molar-refractivity contribution in [1.82, 2.24) is 0 Å². The van der Waals surface area contributed by atoms with E-state index in [4.69, 9.17) is 0 Å². The zero-order chi connectivity index (χ0) is 37.0. The third-order valence-corrected chi connectivity index (χ3v) is 16.7. The van der Waals surface area contributed by atoms with Gasteiger partial charge in [0.05, 0.1) is 0 Å². The largest absolute Gasteiger partial charge is 4.00 e. The van der Waals surface area contributed by atoms with Crippen molar-refractivity contribution in [2.24, 2.45) is 0 Å². The molecule has 0 bridgehead atoms. The topological polar surface area (TPSA) is 19.4 Å². The van der Waals surface area contributed by atoms with Crippen molar-refractivity contribution < 1.29 is 58.9 Å². The fraction of sp³-hybridized carbons (Fsp3) is 0.452. The van der Waals surface area contributed by atoms with Crippen molar-refractivity contribution in [3.63, 3.8) is 0 Å². The Balaban J connectivity index is 0.00000676. The van der Waals surface area contributed by atoms with Crippen LogP contribution in [0.1, 0.15) is 38.9 Å². The van der Waals surface area contributed by atoms with Crippen molar-refractivity contribution in [2.75, 3.05) is 114 Å². The smallest absolute Gasteiger partial charge is 1.00 e. The van der Waals surface area contributed by atoms with E-state index in [0.717, 1.165) is 0 Å². The Labute approximate surface area is 357 Å². The second-order valence-electron chi connectivity index (χ2n) is 15.3. The normalized spacial score (nSPS) is 10.7. The molecule has 11 heteroatoms. The van der Waals surface area contributed by atoms with Crippen LogP contribution < -0.4 is 87.4 Å². The number of hydrogen-bond donors (Lipinski definition) is 0. The van der Waals surface area contributed by atoms with Gasteiger partial charge in [0.15, 0.2) is 8.07 Å². The van der Waals surface area contributed by atoms with Crippen LogP contribution in [0.3, 0.4) is 0 Å². The molecule has 0 unspecified atom stereocenters. The molecule has 6 nitrogen and oxygen atoms in total. The number of benzene rings is 3.